The minimum absolute atomic E-state index is 0. The van der Waals surface area contributed by atoms with Crippen molar-refractivity contribution in [2.24, 2.45) is 5.92 Å². The van der Waals surface area contributed by atoms with Crippen LogP contribution in [0.5, 0.6) is 0 Å². The molecule has 1 unspecified atom stereocenters. The first-order valence-electron chi connectivity index (χ1n) is 9.89. The molecule has 2 fully saturated rings. The van der Waals surface area contributed by atoms with Crippen molar-refractivity contribution in [3.05, 3.63) is 24.5 Å². The summed E-state index contributed by atoms with van der Waals surface area (Å²) < 4.78 is 0. The molecular weight excluding hydrogens is 415 g/mol. The fraction of sp³-hybridized carbons (Fsp3) is 0.650. The molecule has 3 rings (SSSR count). The number of rotatable bonds is 7. The molecule has 0 aliphatic carbocycles. The largest absolute Gasteiger partial charge is 0.480 e. The van der Waals surface area contributed by atoms with E-state index in [4.69, 9.17) is 0 Å². The number of piperidine rings is 1. The minimum atomic E-state index is -1.39. The van der Waals surface area contributed by atoms with Crippen LogP contribution in [0.2, 0.25) is 0 Å². The van der Waals surface area contributed by atoms with Gasteiger partial charge in [0, 0.05) is 44.3 Å². The maximum absolute atomic E-state index is 12.6. The fourth-order valence-corrected chi connectivity index (χ4v) is 4.43. The molecule has 1 aromatic rings. The number of aromatic nitrogens is 1. The Morgan fingerprint density at radius 2 is 1.72 bits per heavy atom. The van der Waals surface area contributed by atoms with Gasteiger partial charge in [0.1, 0.15) is 0 Å². The van der Waals surface area contributed by atoms with Gasteiger partial charge < -0.3 is 15.3 Å². The van der Waals surface area contributed by atoms with Gasteiger partial charge in [-0.25, -0.2) is 4.79 Å². The molecule has 164 valence electrons. The smallest absolute Gasteiger partial charge is 0.331 e. The number of pyridine rings is 1. The van der Waals surface area contributed by atoms with Crippen LogP contribution < -0.4 is 10.2 Å². The summed E-state index contributed by atoms with van der Waals surface area (Å²) in [5, 5.41) is 13.4. The first kappa shape index (κ1) is 25.6. The molecule has 0 saturated carbocycles. The van der Waals surface area contributed by atoms with Crippen molar-refractivity contribution < 1.29 is 14.7 Å². The van der Waals surface area contributed by atoms with E-state index in [1.807, 2.05) is 17.0 Å². The van der Waals surface area contributed by atoms with E-state index >= 15 is 0 Å². The second-order valence-electron chi connectivity index (χ2n) is 7.63. The van der Waals surface area contributed by atoms with Crippen LogP contribution in [-0.4, -0.2) is 71.6 Å². The maximum atomic E-state index is 12.6. The van der Waals surface area contributed by atoms with Gasteiger partial charge in [0.05, 0.1) is 0 Å². The number of carboxylic acids is 1. The summed E-state index contributed by atoms with van der Waals surface area (Å²) in [4.78, 5) is 33.0. The van der Waals surface area contributed by atoms with E-state index in [9.17, 15) is 14.7 Å². The summed E-state index contributed by atoms with van der Waals surface area (Å²) in [6.45, 7) is 5.96. The molecular formula is C20H32Cl2N4O3. The number of carboxylic acid groups (broad SMARTS) is 1. The third kappa shape index (κ3) is 5.81. The lowest BCUT2D eigenvalue weighted by Gasteiger charge is -2.45. The lowest BCUT2D eigenvalue weighted by Crippen LogP contribution is -2.64. The second kappa shape index (κ2) is 11.7. The average Bonchev–Trinajstić information content (AvgIpc) is 2.70. The van der Waals surface area contributed by atoms with Gasteiger partial charge in [-0.2, -0.15) is 0 Å². The predicted octanol–water partition coefficient (Wildman–Crippen LogP) is 2.24. The predicted molar refractivity (Wildman–Crippen MR) is 118 cm³/mol. The number of anilines is 1. The summed E-state index contributed by atoms with van der Waals surface area (Å²) in [7, 11) is 0. The van der Waals surface area contributed by atoms with E-state index < -0.39 is 11.5 Å². The molecule has 2 aliphatic heterocycles. The topological polar surface area (TPSA) is 85.8 Å². The lowest BCUT2D eigenvalue weighted by molar-refractivity contribution is -0.158. The molecule has 0 spiro atoms. The monoisotopic (exact) mass is 446 g/mol. The van der Waals surface area contributed by atoms with Gasteiger partial charge in [0.25, 0.3) is 0 Å². The Morgan fingerprint density at radius 3 is 2.24 bits per heavy atom. The van der Waals surface area contributed by atoms with E-state index in [0.717, 1.165) is 38.0 Å². The fourth-order valence-electron chi connectivity index (χ4n) is 4.43. The number of Topliss-reactive ketones (excluding diaryl/α,β-unsaturated/α-hetero) is 1. The number of nitrogens with one attached hydrogen (secondary N) is 1. The van der Waals surface area contributed by atoms with E-state index in [0.29, 0.717) is 38.5 Å². The molecule has 0 bridgehead atoms. The van der Waals surface area contributed by atoms with Crippen molar-refractivity contribution in [3.63, 3.8) is 0 Å². The van der Waals surface area contributed by atoms with Crippen LogP contribution in [0.15, 0.2) is 24.5 Å². The molecule has 29 heavy (non-hydrogen) atoms. The van der Waals surface area contributed by atoms with Gasteiger partial charge in [-0.1, -0.05) is 0 Å². The van der Waals surface area contributed by atoms with Crippen LogP contribution in [0.4, 0.5) is 5.69 Å². The third-order valence-electron chi connectivity index (χ3n) is 6.16. The molecule has 2 N–H and O–H groups in total. The highest BCUT2D eigenvalue weighted by molar-refractivity contribution is 6.06. The molecule has 2 saturated heterocycles. The molecule has 0 radical (unpaired) electrons. The number of carbonyl (C=O) groups is 2. The molecule has 1 aromatic heterocycles. The highest BCUT2D eigenvalue weighted by Crippen LogP contribution is 2.30. The molecule has 0 aromatic carbocycles. The Hall–Kier alpha value is -1.41. The van der Waals surface area contributed by atoms with Crippen molar-refractivity contribution >= 4 is 42.3 Å². The van der Waals surface area contributed by atoms with Crippen LogP contribution in [0.25, 0.3) is 0 Å². The SMILES string of the molecule is CC(=O)C(CCC1CCNCC1)(C(=O)O)N1CCN(c2ccncc2)CC1.Cl.Cl. The van der Waals surface area contributed by atoms with Crippen LogP contribution >= 0.6 is 24.8 Å². The van der Waals surface area contributed by atoms with Crippen LogP contribution in [-0.2, 0) is 9.59 Å². The summed E-state index contributed by atoms with van der Waals surface area (Å²) in [5.74, 6) is -0.745. The summed E-state index contributed by atoms with van der Waals surface area (Å²) in [6, 6.07) is 3.92. The maximum Gasteiger partial charge on any atom is 0.331 e. The van der Waals surface area contributed by atoms with Gasteiger partial charge in [0.2, 0.25) is 0 Å². The molecule has 3 heterocycles. The zero-order chi connectivity index (χ0) is 19.3. The van der Waals surface area contributed by atoms with Crippen LogP contribution in [0.3, 0.4) is 0 Å². The quantitative estimate of drug-likeness (QED) is 0.620. The summed E-state index contributed by atoms with van der Waals surface area (Å²) in [6.07, 6.45) is 6.83. The van der Waals surface area contributed by atoms with Gasteiger partial charge in [0.15, 0.2) is 11.3 Å². The molecule has 7 nitrogen and oxygen atoms in total. The van der Waals surface area contributed by atoms with Gasteiger partial charge in [-0.05, 0) is 63.7 Å². The minimum Gasteiger partial charge on any atom is -0.480 e. The Kier molecular flexibility index (Phi) is 10.3. The Labute approximate surface area is 185 Å². The van der Waals surface area contributed by atoms with E-state index in [1.54, 1.807) is 12.4 Å². The lowest BCUT2D eigenvalue weighted by atomic mass is 9.81. The molecule has 9 heteroatoms. The zero-order valence-electron chi connectivity index (χ0n) is 16.9. The Bertz CT molecular complexity index is 634. The summed E-state index contributed by atoms with van der Waals surface area (Å²) >= 11 is 0. The van der Waals surface area contributed by atoms with Crippen molar-refractivity contribution in [2.75, 3.05) is 44.2 Å². The van der Waals surface area contributed by atoms with E-state index in [2.05, 4.69) is 15.2 Å². The standard InChI is InChI=1S/C20H30N4O3.2ClH/c1-16(25)20(19(26)27,7-2-17-3-8-21-9-4-17)24-14-12-23(13-15-24)18-5-10-22-11-6-18;;/h5-6,10-11,17,21H,2-4,7-9,12-15H2,1H3,(H,26,27);2*1H. The second-order valence-corrected chi connectivity index (χ2v) is 7.63. The number of halogens is 2. The Balaban J connectivity index is 0.00000210. The van der Waals surface area contributed by atoms with Gasteiger partial charge in [-0.15, -0.1) is 24.8 Å². The number of aliphatic carboxylic acids is 1. The first-order chi connectivity index (χ1) is 13.0. The number of piperazine rings is 1. The highest BCUT2D eigenvalue weighted by Gasteiger charge is 2.49. The van der Waals surface area contributed by atoms with Crippen molar-refractivity contribution in [1.82, 2.24) is 15.2 Å². The van der Waals surface area contributed by atoms with E-state index in [-0.39, 0.29) is 30.6 Å². The number of hydrogen-bond donors (Lipinski definition) is 2. The number of carbonyl (C=O) groups excluding carboxylic acids is 1. The number of nitrogens with zero attached hydrogens (tertiary/aromatic N) is 3. The molecule has 0 amide bonds. The normalized spacial score (nSPS) is 20.1. The number of ketones is 1. The number of hydrogen-bond acceptors (Lipinski definition) is 6. The van der Waals surface area contributed by atoms with Crippen molar-refractivity contribution in [3.8, 4) is 0 Å². The van der Waals surface area contributed by atoms with Gasteiger partial charge in [-0.3, -0.25) is 14.7 Å². The van der Waals surface area contributed by atoms with Crippen molar-refractivity contribution in [1.29, 1.82) is 0 Å². The Morgan fingerprint density at radius 1 is 1.14 bits per heavy atom. The average molecular weight is 447 g/mol. The third-order valence-corrected chi connectivity index (χ3v) is 6.16. The van der Waals surface area contributed by atoms with E-state index in [1.165, 1.54) is 6.92 Å². The summed E-state index contributed by atoms with van der Waals surface area (Å²) in [5.41, 5.74) is -0.307. The van der Waals surface area contributed by atoms with Crippen LogP contribution in [0.1, 0.15) is 32.6 Å². The zero-order valence-corrected chi connectivity index (χ0v) is 18.5. The molecule has 2 aliphatic rings. The first-order valence-corrected chi connectivity index (χ1v) is 9.89. The van der Waals surface area contributed by atoms with Gasteiger partial charge >= 0.3 is 5.97 Å². The van der Waals surface area contributed by atoms with Crippen molar-refractivity contribution in [2.45, 2.75) is 38.1 Å². The molecule has 1 atom stereocenters. The highest BCUT2D eigenvalue weighted by atomic mass is 35.5. The van der Waals surface area contributed by atoms with Crippen LogP contribution in [0, 0.1) is 5.92 Å².